The van der Waals surface area contributed by atoms with Crippen LogP contribution >= 0.6 is 0 Å². The Kier molecular flexibility index (Phi) is 5.65. The maximum Gasteiger partial charge on any atom is 0.326 e. The van der Waals surface area contributed by atoms with E-state index >= 15 is 0 Å². The molecule has 9 nitrogen and oxygen atoms in total. The second-order valence-corrected chi connectivity index (χ2v) is 7.32. The molecular weight excluding hydrogens is 350 g/mol. The van der Waals surface area contributed by atoms with E-state index in [-0.39, 0.29) is 10.5 Å². The van der Waals surface area contributed by atoms with E-state index in [1.54, 1.807) is 0 Å². The SMILES string of the molecule is CC(C(=O)O)N(C)C(=O)c1cc(S(N)(=O)=O)ccc1N1CCOCC1. The molecule has 1 saturated heterocycles. The summed E-state index contributed by atoms with van der Waals surface area (Å²) < 4.78 is 28.6. The third-order valence-electron chi connectivity index (χ3n) is 4.14. The molecule has 0 bridgehead atoms. The molecule has 25 heavy (non-hydrogen) atoms. The number of carboxylic acid groups (broad SMARTS) is 1. The van der Waals surface area contributed by atoms with E-state index in [9.17, 15) is 18.0 Å². The molecule has 0 aromatic heterocycles. The number of carboxylic acids is 1. The number of rotatable bonds is 5. The minimum atomic E-state index is -4.00. The fraction of sp³-hybridized carbons (Fsp3) is 0.467. The topological polar surface area (TPSA) is 130 Å². The molecule has 10 heteroatoms. The Bertz CT molecular complexity index is 773. The van der Waals surface area contributed by atoms with Crippen molar-refractivity contribution >= 4 is 27.6 Å². The summed E-state index contributed by atoms with van der Waals surface area (Å²) in [5.74, 6) is -1.76. The normalized spacial score (nSPS) is 16.4. The van der Waals surface area contributed by atoms with Crippen molar-refractivity contribution in [1.82, 2.24) is 4.90 Å². The minimum Gasteiger partial charge on any atom is -0.480 e. The maximum absolute atomic E-state index is 12.8. The lowest BCUT2D eigenvalue weighted by atomic mass is 10.1. The second kappa shape index (κ2) is 7.38. The van der Waals surface area contributed by atoms with Crippen LogP contribution in [0.1, 0.15) is 17.3 Å². The molecule has 1 unspecified atom stereocenters. The standard InChI is InChI=1S/C15H21N3O6S/c1-10(15(20)21)17(2)14(19)12-9-11(25(16,22)23)3-4-13(12)18-5-7-24-8-6-18/h3-4,9-10H,5-8H2,1-2H3,(H,20,21)(H2,16,22,23). The lowest BCUT2D eigenvalue weighted by Crippen LogP contribution is -2.42. The van der Waals surface area contributed by atoms with Crippen molar-refractivity contribution in [1.29, 1.82) is 0 Å². The van der Waals surface area contributed by atoms with Crippen LogP contribution in [0.4, 0.5) is 5.69 Å². The molecule has 1 amide bonds. The largest absolute Gasteiger partial charge is 0.480 e. The van der Waals surface area contributed by atoms with Crippen LogP contribution in [-0.4, -0.2) is 69.7 Å². The molecule has 2 rings (SSSR count). The van der Waals surface area contributed by atoms with Crippen LogP contribution in [0.25, 0.3) is 0 Å². The molecular formula is C15H21N3O6S. The van der Waals surface area contributed by atoms with Crippen LogP contribution in [0.15, 0.2) is 23.1 Å². The van der Waals surface area contributed by atoms with Gasteiger partial charge in [0.1, 0.15) is 6.04 Å². The van der Waals surface area contributed by atoms with Crippen LogP contribution in [0.2, 0.25) is 0 Å². The van der Waals surface area contributed by atoms with Crippen LogP contribution in [0.5, 0.6) is 0 Å². The highest BCUT2D eigenvalue weighted by atomic mass is 32.2. The zero-order chi connectivity index (χ0) is 18.8. The molecule has 1 fully saturated rings. The summed E-state index contributed by atoms with van der Waals surface area (Å²) in [4.78, 5) is 26.7. The van der Waals surface area contributed by atoms with Gasteiger partial charge in [-0.3, -0.25) is 4.79 Å². The number of aliphatic carboxylic acids is 1. The highest BCUT2D eigenvalue weighted by molar-refractivity contribution is 7.89. The fourth-order valence-corrected chi connectivity index (χ4v) is 3.01. The Morgan fingerprint density at radius 3 is 2.44 bits per heavy atom. The highest BCUT2D eigenvalue weighted by Crippen LogP contribution is 2.26. The quantitative estimate of drug-likeness (QED) is 0.727. The molecule has 0 radical (unpaired) electrons. The van der Waals surface area contributed by atoms with Crippen molar-refractivity contribution in [3.05, 3.63) is 23.8 Å². The first-order valence-electron chi connectivity index (χ1n) is 7.62. The Labute approximate surface area is 146 Å². The van der Waals surface area contributed by atoms with Crippen molar-refractivity contribution in [2.45, 2.75) is 17.9 Å². The van der Waals surface area contributed by atoms with E-state index in [1.807, 2.05) is 4.90 Å². The summed E-state index contributed by atoms with van der Waals surface area (Å²) in [6, 6.07) is 2.96. The summed E-state index contributed by atoms with van der Waals surface area (Å²) in [6.07, 6.45) is 0. The number of hydrogen-bond acceptors (Lipinski definition) is 6. The number of nitrogens with two attached hydrogens (primary N) is 1. The third kappa shape index (κ3) is 4.27. The molecule has 1 aliphatic rings. The molecule has 0 aliphatic carbocycles. The van der Waals surface area contributed by atoms with Gasteiger partial charge < -0.3 is 19.6 Å². The lowest BCUT2D eigenvalue weighted by molar-refractivity contribution is -0.141. The minimum absolute atomic E-state index is 0.0871. The predicted molar refractivity (Wildman–Crippen MR) is 90.0 cm³/mol. The van der Waals surface area contributed by atoms with Gasteiger partial charge in [0.05, 0.1) is 23.7 Å². The molecule has 1 atom stereocenters. The van der Waals surface area contributed by atoms with Gasteiger partial charge in [0.25, 0.3) is 5.91 Å². The number of amides is 1. The number of morpholine rings is 1. The third-order valence-corrected chi connectivity index (χ3v) is 5.05. The van der Waals surface area contributed by atoms with Gasteiger partial charge in [-0.15, -0.1) is 0 Å². The van der Waals surface area contributed by atoms with E-state index < -0.39 is 27.9 Å². The molecule has 0 saturated carbocycles. The monoisotopic (exact) mass is 371 g/mol. The van der Waals surface area contributed by atoms with Gasteiger partial charge in [-0.1, -0.05) is 0 Å². The van der Waals surface area contributed by atoms with Gasteiger partial charge in [-0.2, -0.15) is 0 Å². The zero-order valence-corrected chi connectivity index (χ0v) is 14.8. The Balaban J connectivity index is 2.50. The predicted octanol–water partition coefficient (Wildman–Crippen LogP) is -0.284. The van der Waals surface area contributed by atoms with Crippen LogP contribution in [-0.2, 0) is 19.6 Å². The number of anilines is 1. The van der Waals surface area contributed by atoms with E-state index in [0.29, 0.717) is 32.0 Å². The summed E-state index contributed by atoms with van der Waals surface area (Å²) in [5.41, 5.74) is 0.606. The van der Waals surface area contributed by atoms with E-state index in [2.05, 4.69) is 0 Å². The van der Waals surface area contributed by atoms with Gasteiger partial charge in [-0.05, 0) is 25.1 Å². The number of likely N-dealkylation sites (N-methyl/N-ethyl adjacent to an activating group) is 1. The first-order chi connectivity index (χ1) is 11.6. The number of primary sulfonamides is 1. The smallest absolute Gasteiger partial charge is 0.326 e. The molecule has 1 aromatic carbocycles. The van der Waals surface area contributed by atoms with Crippen molar-refractivity contribution in [2.24, 2.45) is 5.14 Å². The fourth-order valence-electron chi connectivity index (χ4n) is 2.47. The van der Waals surface area contributed by atoms with Gasteiger partial charge in [0, 0.05) is 25.8 Å². The van der Waals surface area contributed by atoms with E-state index in [1.165, 1.54) is 32.2 Å². The number of carbonyl (C=O) groups excluding carboxylic acids is 1. The number of ether oxygens (including phenoxy) is 1. The van der Waals surface area contributed by atoms with Gasteiger partial charge in [-0.25, -0.2) is 18.4 Å². The summed E-state index contributed by atoms with van der Waals surface area (Å²) in [6.45, 7) is 3.40. The molecule has 1 aromatic rings. The molecule has 0 spiro atoms. The first-order valence-corrected chi connectivity index (χ1v) is 9.17. The lowest BCUT2D eigenvalue weighted by Gasteiger charge is -2.31. The summed E-state index contributed by atoms with van der Waals surface area (Å²) in [5, 5.41) is 14.3. The number of sulfonamides is 1. The highest BCUT2D eigenvalue weighted by Gasteiger charge is 2.27. The van der Waals surface area contributed by atoms with Crippen molar-refractivity contribution in [3.63, 3.8) is 0 Å². The molecule has 1 heterocycles. The first kappa shape index (κ1) is 19.2. The maximum atomic E-state index is 12.8. The Morgan fingerprint density at radius 2 is 1.92 bits per heavy atom. The Hall–Kier alpha value is -2.17. The van der Waals surface area contributed by atoms with Crippen LogP contribution in [0.3, 0.4) is 0 Å². The Morgan fingerprint density at radius 1 is 1.32 bits per heavy atom. The molecule has 138 valence electrons. The number of nitrogens with zero attached hydrogens (tertiary/aromatic N) is 2. The molecule has 1 aliphatic heterocycles. The van der Waals surface area contributed by atoms with Gasteiger partial charge in [0.2, 0.25) is 10.0 Å². The van der Waals surface area contributed by atoms with Gasteiger partial charge >= 0.3 is 5.97 Å². The summed E-state index contributed by atoms with van der Waals surface area (Å²) in [7, 11) is -2.64. The second-order valence-electron chi connectivity index (χ2n) is 5.75. The van der Waals surface area contributed by atoms with Crippen molar-refractivity contribution < 1.29 is 27.9 Å². The van der Waals surface area contributed by atoms with Crippen LogP contribution in [0, 0.1) is 0 Å². The van der Waals surface area contributed by atoms with E-state index in [4.69, 9.17) is 15.0 Å². The van der Waals surface area contributed by atoms with E-state index in [0.717, 1.165) is 4.90 Å². The number of carbonyl (C=O) groups is 2. The molecule has 3 N–H and O–H groups in total. The average Bonchev–Trinajstić information content (AvgIpc) is 2.59. The summed E-state index contributed by atoms with van der Waals surface area (Å²) >= 11 is 0. The van der Waals surface area contributed by atoms with Crippen LogP contribution < -0.4 is 10.0 Å². The average molecular weight is 371 g/mol. The number of benzene rings is 1. The zero-order valence-electron chi connectivity index (χ0n) is 14.0. The number of hydrogen-bond donors (Lipinski definition) is 2. The van der Waals surface area contributed by atoms with Crippen molar-refractivity contribution in [2.75, 3.05) is 38.3 Å². The van der Waals surface area contributed by atoms with Gasteiger partial charge in [0.15, 0.2) is 0 Å². The van der Waals surface area contributed by atoms with Crippen molar-refractivity contribution in [3.8, 4) is 0 Å².